The Morgan fingerprint density at radius 3 is 2.67 bits per heavy atom. The molecule has 140 valence electrons. The van der Waals surface area contributed by atoms with Crippen LogP contribution in [0.15, 0.2) is 42.5 Å². The van der Waals surface area contributed by atoms with Gasteiger partial charge in [0.2, 0.25) is 11.7 Å². The Kier molecular flexibility index (Phi) is 5.80. The van der Waals surface area contributed by atoms with Crippen LogP contribution in [0.2, 0.25) is 0 Å². The highest BCUT2D eigenvalue weighted by molar-refractivity contribution is 5.91. The normalized spacial score (nSPS) is 10.6. The lowest BCUT2D eigenvalue weighted by molar-refractivity contribution is -0.117. The van der Waals surface area contributed by atoms with Crippen molar-refractivity contribution in [2.24, 2.45) is 0 Å². The lowest BCUT2D eigenvalue weighted by Gasteiger charge is -2.09. The highest BCUT2D eigenvalue weighted by Gasteiger charge is 2.11. The highest BCUT2D eigenvalue weighted by atomic mass is 16.5. The maximum absolute atomic E-state index is 12.3. The molecule has 3 aromatic rings. The average molecular weight is 365 g/mol. The van der Waals surface area contributed by atoms with E-state index in [1.807, 2.05) is 56.3 Å². The molecule has 27 heavy (non-hydrogen) atoms. The minimum absolute atomic E-state index is 0.00191. The number of benzene rings is 2. The third-order valence-corrected chi connectivity index (χ3v) is 4.20. The number of rotatable bonds is 7. The van der Waals surface area contributed by atoms with Gasteiger partial charge in [-0.3, -0.25) is 4.79 Å². The summed E-state index contributed by atoms with van der Waals surface area (Å²) >= 11 is 0. The van der Waals surface area contributed by atoms with Crippen LogP contribution in [0.25, 0.3) is 11.4 Å². The van der Waals surface area contributed by atoms with Gasteiger partial charge in [-0.05, 0) is 66.9 Å². The number of carbonyl (C=O) groups excluding carboxylic acids is 1. The summed E-state index contributed by atoms with van der Waals surface area (Å²) in [5.74, 6) is 1.08. The molecule has 2 aromatic carbocycles. The zero-order chi connectivity index (χ0) is 19.2. The first-order valence-corrected chi connectivity index (χ1v) is 8.94. The fourth-order valence-electron chi connectivity index (χ4n) is 2.55. The number of aryl methyl sites for hydroxylation is 1. The van der Waals surface area contributed by atoms with Gasteiger partial charge in [-0.15, -0.1) is 10.2 Å². The van der Waals surface area contributed by atoms with E-state index in [0.29, 0.717) is 12.4 Å². The van der Waals surface area contributed by atoms with E-state index in [0.717, 1.165) is 34.5 Å². The van der Waals surface area contributed by atoms with E-state index >= 15 is 0 Å². The first kappa shape index (κ1) is 18.6. The molecule has 7 nitrogen and oxygen atoms in total. The van der Waals surface area contributed by atoms with Gasteiger partial charge in [0.05, 0.1) is 6.61 Å². The molecule has 0 fully saturated rings. The second kappa shape index (κ2) is 8.44. The first-order chi connectivity index (χ1) is 13.1. The van der Waals surface area contributed by atoms with Crippen molar-refractivity contribution in [3.63, 3.8) is 0 Å². The van der Waals surface area contributed by atoms with Crippen molar-refractivity contribution in [1.29, 1.82) is 0 Å². The maximum atomic E-state index is 12.3. The van der Waals surface area contributed by atoms with Crippen LogP contribution >= 0.6 is 0 Å². The van der Waals surface area contributed by atoms with Gasteiger partial charge in [0.1, 0.15) is 12.3 Å². The molecule has 0 saturated heterocycles. The van der Waals surface area contributed by atoms with Crippen LogP contribution < -0.4 is 10.1 Å². The molecule has 1 amide bonds. The number of ether oxygens (including phenoxy) is 1. The van der Waals surface area contributed by atoms with Crippen LogP contribution in [0.5, 0.6) is 5.75 Å². The summed E-state index contributed by atoms with van der Waals surface area (Å²) in [6.45, 7) is 6.73. The zero-order valence-electron chi connectivity index (χ0n) is 15.8. The Hall–Kier alpha value is -3.22. The topological polar surface area (TPSA) is 81.9 Å². The van der Waals surface area contributed by atoms with Crippen molar-refractivity contribution in [2.75, 3.05) is 11.9 Å². The van der Waals surface area contributed by atoms with Gasteiger partial charge in [0.25, 0.3) is 0 Å². The maximum Gasteiger partial charge on any atom is 0.248 e. The molecule has 0 saturated carbocycles. The molecular weight excluding hydrogens is 342 g/mol. The monoisotopic (exact) mass is 365 g/mol. The summed E-state index contributed by atoms with van der Waals surface area (Å²) in [4.78, 5) is 13.6. The number of carbonyl (C=O) groups is 1. The summed E-state index contributed by atoms with van der Waals surface area (Å²) in [5.41, 5.74) is 3.78. The summed E-state index contributed by atoms with van der Waals surface area (Å²) in [6.07, 6.45) is 0.960. The quantitative estimate of drug-likeness (QED) is 0.694. The van der Waals surface area contributed by atoms with E-state index < -0.39 is 0 Å². The van der Waals surface area contributed by atoms with Gasteiger partial charge in [-0.1, -0.05) is 19.1 Å². The van der Waals surface area contributed by atoms with E-state index in [1.54, 1.807) is 0 Å². The molecule has 0 spiro atoms. The van der Waals surface area contributed by atoms with Crippen molar-refractivity contribution in [1.82, 2.24) is 20.2 Å². The Morgan fingerprint density at radius 1 is 1.15 bits per heavy atom. The molecule has 1 aromatic heterocycles. The van der Waals surface area contributed by atoms with Gasteiger partial charge in [-0.25, -0.2) is 0 Å². The molecule has 1 heterocycles. The largest absolute Gasteiger partial charge is 0.494 e. The van der Waals surface area contributed by atoms with Crippen LogP contribution in [-0.4, -0.2) is 32.7 Å². The average Bonchev–Trinajstić information content (AvgIpc) is 3.12. The fourth-order valence-corrected chi connectivity index (χ4v) is 2.55. The number of aromatic nitrogens is 4. The summed E-state index contributed by atoms with van der Waals surface area (Å²) < 4.78 is 5.56. The van der Waals surface area contributed by atoms with Crippen molar-refractivity contribution in [3.05, 3.63) is 53.6 Å². The molecule has 0 radical (unpaired) electrons. The molecule has 0 bridgehead atoms. The Bertz CT molecular complexity index is 918. The van der Waals surface area contributed by atoms with E-state index in [4.69, 9.17) is 4.74 Å². The van der Waals surface area contributed by atoms with E-state index in [1.165, 1.54) is 4.80 Å². The third-order valence-electron chi connectivity index (χ3n) is 4.20. The zero-order valence-corrected chi connectivity index (χ0v) is 15.8. The number of anilines is 1. The molecule has 3 rings (SSSR count). The van der Waals surface area contributed by atoms with Crippen molar-refractivity contribution in [3.8, 4) is 17.1 Å². The molecule has 7 heteroatoms. The van der Waals surface area contributed by atoms with Gasteiger partial charge in [-0.2, -0.15) is 4.80 Å². The molecule has 0 aliphatic rings. The van der Waals surface area contributed by atoms with Gasteiger partial charge in [0, 0.05) is 11.3 Å². The van der Waals surface area contributed by atoms with Crippen LogP contribution in [0, 0.1) is 13.8 Å². The lowest BCUT2D eigenvalue weighted by atomic mass is 10.1. The van der Waals surface area contributed by atoms with Crippen molar-refractivity contribution < 1.29 is 9.53 Å². The van der Waals surface area contributed by atoms with Crippen LogP contribution in [0.1, 0.15) is 24.5 Å². The molecule has 0 aliphatic carbocycles. The second-order valence-electron chi connectivity index (χ2n) is 6.31. The van der Waals surface area contributed by atoms with Crippen molar-refractivity contribution >= 4 is 11.6 Å². The smallest absolute Gasteiger partial charge is 0.248 e. The summed E-state index contributed by atoms with van der Waals surface area (Å²) in [6, 6.07) is 13.3. The Labute approximate surface area is 158 Å². The molecule has 0 atom stereocenters. The Morgan fingerprint density at radius 2 is 1.93 bits per heavy atom. The SMILES string of the molecule is CCCOc1ccc(-c2nnn(CC(=O)Nc3cccc(C)c3C)n2)cc1. The molecule has 0 unspecified atom stereocenters. The highest BCUT2D eigenvalue weighted by Crippen LogP contribution is 2.19. The van der Waals surface area contributed by atoms with E-state index in [-0.39, 0.29) is 12.5 Å². The van der Waals surface area contributed by atoms with Crippen molar-refractivity contribution in [2.45, 2.75) is 33.7 Å². The van der Waals surface area contributed by atoms with E-state index in [2.05, 4.69) is 27.7 Å². The standard InChI is InChI=1S/C20H23N5O2/c1-4-12-27-17-10-8-16(9-11-17)20-22-24-25(23-20)13-19(26)21-18-7-5-6-14(2)15(18)3/h5-11H,4,12-13H2,1-3H3,(H,21,26). The van der Waals surface area contributed by atoms with Gasteiger partial charge < -0.3 is 10.1 Å². The van der Waals surface area contributed by atoms with Crippen LogP contribution in [-0.2, 0) is 11.3 Å². The van der Waals surface area contributed by atoms with E-state index in [9.17, 15) is 4.79 Å². The number of hydrogen-bond donors (Lipinski definition) is 1. The predicted molar refractivity (Wildman–Crippen MR) is 104 cm³/mol. The number of nitrogens with zero attached hydrogens (tertiary/aromatic N) is 4. The minimum Gasteiger partial charge on any atom is -0.494 e. The molecule has 1 N–H and O–H groups in total. The predicted octanol–water partition coefficient (Wildman–Crippen LogP) is 3.38. The first-order valence-electron chi connectivity index (χ1n) is 8.94. The number of hydrogen-bond acceptors (Lipinski definition) is 5. The summed E-state index contributed by atoms with van der Waals surface area (Å²) in [7, 11) is 0. The second-order valence-corrected chi connectivity index (χ2v) is 6.31. The lowest BCUT2D eigenvalue weighted by Crippen LogP contribution is -2.21. The van der Waals surface area contributed by atoms with Gasteiger partial charge >= 0.3 is 0 Å². The van der Waals surface area contributed by atoms with Crippen LogP contribution in [0.4, 0.5) is 5.69 Å². The third kappa shape index (κ3) is 4.69. The van der Waals surface area contributed by atoms with Crippen LogP contribution in [0.3, 0.4) is 0 Å². The molecular formula is C20H23N5O2. The Balaban J connectivity index is 1.63. The number of amides is 1. The fraction of sp³-hybridized carbons (Fsp3) is 0.300. The molecule has 0 aliphatic heterocycles. The minimum atomic E-state index is -0.198. The number of tetrazole rings is 1. The van der Waals surface area contributed by atoms with Gasteiger partial charge in [0.15, 0.2) is 0 Å². The number of nitrogens with one attached hydrogen (secondary N) is 1. The summed E-state index contributed by atoms with van der Waals surface area (Å²) in [5, 5.41) is 15.2.